The Labute approximate surface area is 95.5 Å². The van der Waals surface area contributed by atoms with E-state index in [1.165, 1.54) is 25.7 Å². The average molecular weight is 226 g/mol. The molecule has 1 heterocycles. The molecular formula is C11H16ClN3. The van der Waals surface area contributed by atoms with Gasteiger partial charge in [0, 0.05) is 25.0 Å². The molecule has 0 amide bonds. The quantitative estimate of drug-likeness (QED) is 0.772. The second-order valence-corrected chi connectivity index (χ2v) is 4.31. The summed E-state index contributed by atoms with van der Waals surface area (Å²) in [5, 5.41) is 0.528. The molecule has 0 N–H and O–H groups in total. The molecule has 0 bridgehead atoms. The lowest BCUT2D eigenvalue weighted by Crippen LogP contribution is -2.28. The molecular weight excluding hydrogens is 210 g/mol. The normalized spacial score (nSPS) is 15.3. The lowest BCUT2D eigenvalue weighted by Gasteiger charge is -2.23. The number of unbranched alkanes of at least 4 members (excludes halogenated alkanes) is 1. The summed E-state index contributed by atoms with van der Waals surface area (Å²) >= 11 is 6.05. The van der Waals surface area contributed by atoms with Crippen LogP contribution in [0.4, 0.5) is 5.82 Å². The van der Waals surface area contributed by atoms with Crippen LogP contribution in [0.25, 0.3) is 0 Å². The van der Waals surface area contributed by atoms with Crippen molar-refractivity contribution in [2.75, 3.05) is 11.4 Å². The van der Waals surface area contributed by atoms with Crippen LogP contribution in [0.5, 0.6) is 0 Å². The van der Waals surface area contributed by atoms with Gasteiger partial charge < -0.3 is 4.90 Å². The largest absolute Gasteiger partial charge is 0.351 e. The van der Waals surface area contributed by atoms with Gasteiger partial charge in [-0.15, -0.1) is 0 Å². The van der Waals surface area contributed by atoms with Crippen LogP contribution in [0, 0.1) is 0 Å². The lowest BCUT2D eigenvalue weighted by molar-refractivity contribution is 0.703. The number of aromatic nitrogens is 2. The SMILES string of the molecule is CCCCN(c1nccnc1Cl)C1CC1. The topological polar surface area (TPSA) is 29.0 Å². The Morgan fingerprint density at radius 1 is 1.40 bits per heavy atom. The van der Waals surface area contributed by atoms with Crippen LogP contribution in [0.3, 0.4) is 0 Å². The highest BCUT2D eigenvalue weighted by Gasteiger charge is 2.30. The van der Waals surface area contributed by atoms with Crippen LogP contribution in [-0.4, -0.2) is 22.6 Å². The molecule has 15 heavy (non-hydrogen) atoms. The van der Waals surface area contributed by atoms with Crippen LogP contribution in [-0.2, 0) is 0 Å². The number of halogens is 1. The molecule has 0 aliphatic heterocycles. The van der Waals surface area contributed by atoms with Gasteiger partial charge in [-0.3, -0.25) is 0 Å². The van der Waals surface area contributed by atoms with E-state index in [9.17, 15) is 0 Å². The second kappa shape index (κ2) is 4.79. The van der Waals surface area contributed by atoms with E-state index >= 15 is 0 Å². The third-order valence-corrected chi connectivity index (χ3v) is 2.91. The van der Waals surface area contributed by atoms with Crippen molar-refractivity contribution in [3.8, 4) is 0 Å². The lowest BCUT2D eigenvalue weighted by atomic mass is 10.3. The van der Waals surface area contributed by atoms with Crippen LogP contribution < -0.4 is 4.90 Å². The molecule has 1 aliphatic rings. The first-order valence-corrected chi connectivity index (χ1v) is 5.94. The minimum atomic E-state index is 0.528. The van der Waals surface area contributed by atoms with Gasteiger partial charge >= 0.3 is 0 Å². The standard InChI is InChI=1S/C11H16ClN3/c1-2-3-8-15(9-4-5-9)11-10(12)13-6-7-14-11/h6-7,9H,2-5,8H2,1H3. The smallest absolute Gasteiger partial charge is 0.171 e. The molecule has 0 unspecified atom stereocenters. The molecule has 1 saturated carbocycles. The zero-order valence-corrected chi connectivity index (χ0v) is 9.74. The van der Waals surface area contributed by atoms with E-state index in [1.807, 2.05) is 0 Å². The summed E-state index contributed by atoms with van der Waals surface area (Å²) < 4.78 is 0. The van der Waals surface area contributed by atoms with E-state index in [0.717, 1.165) is 12.4 Å². The average Bonchev–Trinajstić information content (AvgIpc) is 3.05. The summed E-state index contributed by atoms with van der Waals surface area (Å²) in [5.41, 5.74) is 0. The summed E-state index contributed by atoms with van der Waals surface area (Å²) in [6, 6.07) is 0.644. The molecule has 0 spiro atoms. The summed E-state index contributed by atoms with van der Waals surface area (Å²) in [6.07, 6.45) is 8.25. The van der Waals surface area contributed by atoms with Crippen LogP contribution in [0.15, 0.2) is 12.4 Å². The van der Waals surface area contributed by atoms with Crippen molar-refractivity contribution in [2.45, 2.75) is 38.6 Å². The number of hydrogen-bond acceptors (Lipinski definition) is 3. The van der Waals surface area contributed by atoms with Gasteiger partial charge in [0.25, 0.3) is 0 Å². The molecule has 1 aromatic rings. The van der Waals surface area contributed by atoms with Crippen LogP contribution in [0.1, 0.15) is 32.6 Å². The van der Waals surface area contributed by atoms with Crippen molar-refractivity contribution in [3.05, 3.63) is 17.5 Å². The van der Waals surface area contributed by atoms with Gasteiger partial charge in [-0.1, -0.05) is 24.9 Å². The summed E-state index contributed by atoms with van der Waals surface area (Å²) in [5.74, 6) is 0.857. The maximum atomic E-state index is 6.05. The van der Waals surface area contributed by atoms with Gasteiger partial charge in [0.15, 0.2) is 11.0 Å². The van der Waals surface area contributed by atoms with Gasteiger partial charge in [-0.2, -0.15) is 0 Å². The van der Waals surface area contributed by atoms with Crippen LogP contribution in [0.2, 0.25) is 5.15 Å². The van der Waals surface area contributed by atoms with Gasteiger partial charge in [0.2, 0.25) is 0 Å². The molecule has 82 valence electrons. The van der Waals surface area contributed by atoms with E-state index in [1.54, 1.807) is 12.4 Å². The van der Waals surface area contributed by atoms with E-state index in [-0.39, 0.29) is 0 Å². The number of nitrogens with zero attached hydrogens (tertiary/aromatic N) is 3. The van der Waals surface area contributed by atoms with Crippen molar-refractivity contribution in [1.82, 2.24) is 9.97 Å². The Morgan fingerprint density at radius 2 is 2.13 bits per heavy atom. The molecule has 1 fully saturated rings. The number of anilines is 1. The third kappa shape index (κ3) is 2.59. The zero-order valence-electron chi connectivity index (χ0n) is 8.99. The first-order valence-electron chi connectivity index (χ1n) is 5.56. The number of rotatable bonds is 5. The highest BCUT2D eigenvalue weighted by atomic mass is 35.5. The fourth-order valence-corrected chi connectivity index (χ4v) is 1.90. The highest BCUT2D eigenvalue weighted by molar-refractivity contribution is 6.31. The van der Waals surface area contributed by atoms with Crippen molar-refractivity contribution in [3.63, 3.8) is 0 Å². The first kappa shape index (κ1) is 10.7. The molecule has 1 aromatic heterocycles. The van der Waals surface area contributed by atoms with Crippen LogP contribution >= 0.6 is 11.6 Å². The summed E-state index contributed by atoms with van der Waals surface area (Å²) in [4.78, 5) is 10.7. The Bertz CT molecular complexity index is 325. The maximum absolute atomic E-state index is 6.05. The molecule has 3 nitrogen and oxygen atoms in total. The van der Waals surface area contributed by atoms with E-state index < -0.39 is 0 Å². The predicted octanol–water partition coefficient (Wildman–Crippen LogP) is 2.90. The fraction of sp³-hybridized carbons (Fsp3) is 0.636. The van der Waals surface area contributed by atoms with E-state index in [4.69, 9.17) is 11.6 Å². The van der Waals surface area contributed by atoms with E-state index in [0.29, 0.717) is 11.2 Å². The molecule has 0 saturated heterocycles. The molecule has 4 heteroatoms. The van der Waals surface area contributed by atoms with E-state index in [2.05, 4.69) is 21.8 Å². The van der Waals surface area contributed by atoms with Crippen molar-refractivity contribution < 1.29 is 0 Å². The minimum Gasteiger partial charge on any atom is -0.351 e. The summed E-state index contributed by atoms with van der Waals surface area (Å²) in [6.45, 7) is 3.24. The highest BCUT2D eigenvalue weighted by Crippen LogP contribution is 2.33. The predicted molar refractivity (Wildman–Crippen MR) is 62.3 cm³/mol. The monoisotopic (exact) mass is 225 g/mol. The van der Waals surface area contributed by atoms with Gasteiger partial charge in [0.05, 0.1) is 0 Å². The maximum Gasteiger partial charge on any atom is 0.171 e. The van der Waals surface area contributed by atoms with Gasteiger partial charge in [0.1, 0.15) is 0 Å². The Hall–Kier alpha value is -0.830. The Morgan fingerprint density at radius 3 is 2.73 bits per heavy atom. The Kier molecular flexibility index (Phi) is 3.41. The van der Waals surface area contributed by atoms with Crippen molar-refractivity contribution >= 4 is 17.4 Å². The summed E-state index contributed by atoms with van der Waals surface area (Å²) in [7, 11) is 0. The Balaban J connectivity index is 2.13. The van der Waals surface area contributed by atoms with Gasteiger partial charge in [-0.25, -0.2) is 9.97 Å². The second-order valence-electron chi connectivity index (χ2n) is 3.95. The van der Waals surface area contributed by atoms with Gasteiger partial charge in [-0.05, 0) is 19.3 Å². The third-order valence-electron chi connectivity index (χ3n) is 2.65. The molecule has 0 atom stereocenters. The number of hydrogen-bond donors (Lipinski definition) is 0. The minimum absolute atomic E-state index is 0.528. The molecule has 2 rings (SSSR count). The molecule has 0 radical (unpaired) electrons. The van der Waals surface area contributed by atoms with Crippen molar-refractivity contribution in [2.24, 2.45) is 0 Å². The van der Waals surface area contributed by atoms with Crippen molar-refractivity contribution in [1.29, 1.82) is 0 Å². The molecule has 1 aliphatic carbocycles. The fourth-order valence-electron chi connectivity index (χ4n) is 1.68. The zero-order chi connectivity index (χ0) is 10.7. The molecule has 0 aromatic carbocycles. The first-order chi connectivity index (χ1) is 7.33.